The van der Waals surface area contributed by atoms with Crippen molar-refractivity contribution in [3.8, 4) is 35.4 Å². The average Bonchev–Trinajstić information content (AvgIpc) is 3.55. The molecule has 2 aromatic heterocycles. The van der Waals surface area contributed by atoms with Crippen molar-refractivity contribution in [3.05, 3.63) is 47.7 Å². The van der Waals surface area contributed by atoms with Crippen molar-refractivity contribution in [3.63, 3.8) is 0 Å². The second kappa shape index (κ2) is 11.1. The third kappa shape index (κ3) is 4.77. The number of piperidine rings is 1. The zero-order valence-corrected chi connectivity index (χ0v) is 24.1. The van der Waals surface area contributed by atoms with Crippen molar-refractivity contribution >= 4 is 27.5 Å². The number of hydrogen-bond donors (Lipinski definition) is 2. The number of hydrogen-bond acceptors (Lipinski definition) is 8. The molecule has 2 N–H and O–H groups in total. The van der Waals surface area contributed by atoms with Gasteiger partial charge in [0.15, 0.2) is 5.82 Å². The van der Waals surface area contributed by atoms with Crippen LogP contribution in [0.1, 0.15) is 37.7 Å². The number of pyridine rings is 1. The van der Waals surface area contributed by atoms with Crippen molar-refractivity contribution in [2.75, 3.05) is 44.3 Å². The number of aromatic nitrogens is 3. The number of nitrogens with zero attached hydrogens (tertiary/aromatic N) is 5. The number of aromatic hydroxyl groups is 1. The van der Waals surface area contributed by atoms with Crippen molar-refractivity contribution < 1.29 is 28.1 Å². The van der Waals surface area contributed by atoms with Gasteiger partial charge in [0.05, 0.1) is 16.5 Å². The van der Waals surface area contributed by atoms with E-state index in [0.29, 0.717) is 42.6 Å². The lowest BCUT2D eigenvalue weighted by Crippen LogP contribution is -2.43. The molecule has 0 amide bonds. The van der Waals surface area contributed by atoms with Crippen LogP contribution in [-0.4, -0.2) is 81.2 Å². The molecule has 44 heavy (non-hydrogen) atoms. The molecule has 3 aliphatic rings. The van der Waals surface area contributed by atoms with Gasteiger partial charge in [-0.3, -0.25) is 9.88 Å². The van der Waals surface area contributed by atoms with Crippen LogP contribution in [0.15, 0.2) is 30.5 Å². The lowest BCUT2D eigenvalue weighted by molar-refractivity contribution is 0.107. The van der Waals surface area contributed by atoms with E-state index in [2.05, 4.69) is 20.8 Å². The van der Waals surface area contributed by atoms with Gasteiger partial charge in [-0.15, -0.1) is 6.42 Å². The van der Waals surface area contributed by atoms with Crippen LogP contribution in [-0.2, 0) is 0 Å². The minimum atomic E-state index is -0.930. The van der Waals surface area contributed by atoms with E-state index in [4.69, 9.17) is 16.1 Å². The zero-order chi connectivity index (χ0) is 30.6. The molecule has 3 saturated heterocycles. The molecule has 0 bridgehead atoms. The van der Waals surface area contributed by atoms with Crippen molar-refractivity contribution in [2.45, 2.75) is 43.8 Å². The lowest BCUT2D eigenvalue weighted by atomic mass is 9.95. The molecule has 2 aromatic carbocycles. The molecule has 0 aliphatic carbocycles. The molecule has 0 spiro atoms. The molecule has 5 heterocycles. The first-order valence-corrected chi connectivity index (χ1v) is 15.0. The van der Waals surface area contributed by atoms with E-state index in [1.807, 2.05) is 4.90 Å². The number of halogens is 3. The first kappa shape index (κ1) is 28.6. The summed E-state index contributed by atoms with van der Waals surface area (Å²) in [5.41, 5.74) is -0.605. The summed E-state index contributed by atoms with van der Waals surface area (Å²) in [4.78, 5) is 17.8. The number of rotatable bonds is 6. The third-order valence-electron chi connectivity index (χ3n) is 9.50. The van der Waals surface area contributed by atoms with Gasteiger partial charge in [0.25, 0.3) is 0 Å². The quantitative estimate of drug-likeness (QED) is 0.299. The summed E-state index contributed by atoms with van der Waals surface area (Å²) in [6, 6.07) is 5.37. The summed E-state index contributed by atoms with van der Waals surface area (Å²) in [6.07, 6.45) is 9.76. The van der Waals surface area contributed by atoms with Gasteiger partial charge < -0.3 is 19.8 Å². The molecule has 0 radical (unpaired) electrons. The Bertz CT molecular complexity index is 1810. The highest BCUT2D eigenvalue weighted by Gasteiger charge is 2.49. The van der Waals surface area contributed by atoms with E-state index in [0.717, 1.165) is 32.2 Å². The molecule has 4 aromatic rings. The predicted molar refractivity (Wildman–Crippen MR) is 160 cm³/mol. The fourth-order valence-electron chi connectivity index (χ4n) is 7.24. The summed E-state index contributed by atoms with van der Waals surface area (Å²) in [5, 5.41) is 21.2. The monoisotopic (exact) mass is 603 g/mol. The Labute approximate surface area is 252 Å². The molecule has 0 saturated carbocycles. The van der Waals surface area contributed by atoms with Crippen LogP contribution in [0.2, 0.25) is 0 Å². The minimum Gasteiger partial charge on any atom is -0.508 e. The first-order chi connectivity index (χ1) is 21.3. The molecular weight excluding hydrogens is 571 g/mol. The van der Waals surface area contributed by atoms with Crippen molar-refractivity contribution in [1.29, 1.82) is 0 Å². The van der Waals surface area contributed by atoms with Gasteiger partial charge in [0.1, 0.15) is 41.4 Å². The Morgan fingerprint density at radius 2 is 1.95 bits per heavy atom. The molecule has 0 unspecified atom stereocenters. The molecule has 228 valence electrons. The van der Waals surface area contributed by atoms with E-state index >= 15 is 4.39 Å². The van der Waals surface area contributed by atoms with E-state index in [1.165, 1.54) is 30.5 Å². The van der Waals surface area contributed by atoms with E-state index < -0.39 is 23.3 Å². The molecule has 11 heteroatoms. The second-order valence-electron chi connectivity index (χ2n) is 12.1. The van der Waals surface area contributed by atoms with Crippen LogP contribution in [0.4, 0.5) is 19.0 Å². The Morgan fingerprint density at radius 1 is 1.14 bits per heavy atom. The maximum Gasteiger partial charge on any atom is 0.319 e. The maximum atomic E-state index is 16.7. The molecular formula is C33H32F3N5O3. The molecule has 7 rings (SSSR count). The van der Waals surface area contributed by atoms with Gasteiger partial charge in [0.2, 0.25) is 0 Å². The van der Waals surface area contributed by atoms with Crippen molar-refractivity contribution in [1.82, 2.24) is 19.9 Å². The van der Waals surface area contributed by atoms with Crippen molar-refractivity contribution in [2.24, 2.45) is 5.92 Å². The highest BCUT2D eigenvalue weighted by Crippen LogP contribution is 2.42. The zero-order valence-electron chi connectivity index (χ0n) is 24.1. The van der Waals surface area contributed by atoms with Gasteiger partial charge in [0, 0.05) is 49.8 Å². The van der Waals surface area contributed by atoms with Gasteiger partial charge in [-0.05, 0) is 61.7 Å². The fraction of sp³-hybridized carbons (Fsp3) is 0.424. The van der Waals surface area contributed by atoms with Gasteiger partial charge in [-0.25, -0.2) is 13.2 Å². The molecule has 3 aliphatic heterocycles. The number of phenols is 1. The Balaban J connectivity index is 1.36. The standard InChI is InChI=1S/C33H32F3N5O3/c1-2-23-26(35)5-4-20-12-22(43)13-24(27(20)23)29-28(36)30-25(15-37-29)31(40-10-6-19(17-42)7-11-40)39-32(38-30)44-18-33-8-3-9-41(33)16-21(34)14-33/h1,4-5,12-13,15,19,21,42-43H,3,6-11,14,16-18H2/t21-,33+/m1/s1. The van der Waals surface area contributed by atoms with Crippen LogP contribution in [0, 0.1) is 29.9 Å². The molecule has 3 fully saturated rings. The van der Waals surface area contributed by atoms with Crippen LogP contribution in [0.5, 0.6) is 11.8 Å². The number of aliphatic hydroxyl groups is 1. The van der Waals surface area contributed by atoms with Crippen LogP contribution in [0.3, 0.4) is 0 Å². The predicted octanol–water partition coefficient (Wildman–Crippen LogP) is 4.97. The molecule has 2 atom stereocenters. The van der Waals surface area contributed by atoms with Gasteiger partial charge in [-0.1, -0.05) is 12.0 Å². The lowest BCUT2D eigenvalue weighted by Gasteiger charge is -2.33. The van der Waals surface area contributed by atoms with Crippen LogP contribution < -0.4 is 9.64 Å². The Morgan fingerprint density at radius 3 is 2.73 bits per heavy atom. The highest BCUT2D eigenvalue weighted by molar-refractivity contribution is 6.03. The Kier molecular flexibility index (Phi) is 7.22. The van der Waals surface area contributed by atoms with E-state index in [1.54, 1.807) is 0 Å². The normalized spacial score (nSPS) is 22.5. The summed E-state index contributed by atoms with van der Waals surface area (Å²) < 4.78 is 52.0. The number of fused-ring (bicyclic) bond motifs is 3. The summed E-state index contributed by atoms with van der Waals surface area (Å²) in [6.45, 7) is 2.61. The topological polar surface area (TPSA) is 94.8 Å². The third-order valence-corrected chi connectivity index (χ3v) is 9.50. The minimum absolute atomic E-state index is 0.0347. The summed E-state index contributed by atoms with van der Waals surface area (Å²) in [7, 11) is 0. The average molecular weight is 604 g/mol. The largest absolute Gasteiger partial charge is 0.508 e. The fourth-order valence-corrected chi connectivity index (χ4v) is 7.24. The van der Waals surface area contributed by atoms with Crippen LogP contribution >= 0.6 is 0 Å². The first-order valence-electron chi connectivity index (χ1n) is 15.0. The molecule has 8 nitrogen and oxygen atoms in total. The summed E-state index contributed by atoms with van der Waals surface area (Å²) in [5.74, 6) is 1.36. The Hall–Kier alpha value is -4.14. The number of ether oxygens (including phenoxy) is 1. The number of phenolic OH excluding ortho intramolecular Hbond substituents is 1. The van der Waals surface area contributed by atoms with Gasteiger partial charge in [-0.2, -0.15) is 9.97 Å². The summed E-state index contributed by atoms with van der Waals surface area (Å²) >= 11 is 0. The number of alkyl halides is 1. The SMILES string of the molecule is C#Cc1c(F)ccc2cc(O)cc(-c3ncc4c(N5CCC(CO)CC5)nc(OC[C@@]56CCCN5C[C@H](F)C6)nc4c3F)c12. The number of benzene rings is 2. The van der Waals surface area contributed by atoms with E-state index in [9.17, 15) is 19.0 Å². The number of aliphatic hydroxyl groups excluding tert-OH is 1. The maximum absolute atomic E-state index is 16.7. The highest BCUT2D eigenvalue weighted by atomic mass is 19.1. The van der Waals surface area contributed by atoms with E-state index in [-0.39, 0.29) is 58.6 Å². The second-order valence-corrected chi connectivity index (χ2v) is 12.1. The van der Waals surface area contributed by atoms with Gasteiger partial charge >= 0.3 is 6.01 Å². The smallest absolute Gasteiger partial charge is 0.319 e. The van der Waals surface area contributed by atoms with Crippen LogP contribution in [0.25, 0.3) is 32.9 Å². The number of terminal acetylenes is 1. The number of anilines is 1.